The van der Waals surface area contributed by atoms with E-state index in [1.807, 2.05) is 18.2 Å². The fraction of sp³-hybridized carbons (Fsp3) is 0.235. The highest BCUT2D eigenvalue weighted by Gasteiger charge is 2.03. The Labute approximate surface area is 114 Å². The van der Waals surface area contributed by atoms with Gasteiger partial charge in [0.25, 0.3) is 0 Å². The Morgan fingerprint density at radius 2 is 1.89 bits per heavy atom. The number of carbonyl (C=O) groups excluding carboxylic acids is 1. The van der Waals surface area contributed by atoms with Crippen LogP contribution >= 0.6 is 0 Å². The molecule has 0 fully saturated rings. The number of ether oxygens (including phenoxy) is 1. The summed E-state index contributed by atoms with van der Waals surface area (Å²) in [6.45, 7) is 4.77. The summed E-state index contributed by atoms with van der Waals surface area (Å²) in [7, 11) is 0. The van der Waals surface area contributed by atoms with Crippen LogP contribution in [0.15, 0.2) is 42.5 Å². The first-order valence-corrected chi connectivity index (χ1v) is 6.44. The summed E-state index contributed by atoms with van der Waals surface area (Å²) in [6, 6.07) is 13.7. The van der Waals surface area contributed by atoms with E-state index in [0.29, 0.717) is 17.9 Å². The van der Waals surface area contributed by atoms with Crippen molar-refractivity contribution in [3.63, 3.8) is 0 Å². The second-order valence-corrected chi connectivity index (χ2v) is 4.68. The number of para-hydroxylation sites is 1. The van der Waals surface area contributed by atoms with Crippen molar-refractivity contribution in [2.75, 3.05) is 6.61 Å². The second-order valence-electron chi connectivity index (χ2n) is 4.68. The van der Waals surface area contributed by atoms with Crippen LogP contribution in [0.2, 0.25) is 0 Å². The molecule has 0 spiro atoms. The number of hydrogen-bond acceptors (Lipinski definition) is 2. The van der Waals surface area contributed by atoms with E-state index in [1.54, 1.807) is 6.07 Å². The molecule has 0 saturated carbocycles. The van der Waals surface area contributed by atoms with E-state index in [0.717, 1.165) is 12.7 Å². The molecule has 0 saturated heterocycles. The number of carbonyl (C=O) groups is 1. The lowest BCUT2D eigenvalue weighted by Gasteiger charge is -2.10. The highest BCUT2D eigenvalue weighted by atomic mass is 16.5. The minimum Gasteiger partial charge on any atom is -0.492 e. The molecule has 2 nitrogen and oxygen atoms in total. The molecule has 0 radical (unpaired) electrons. The molecular weight excluding hydrogens is 236 g/mol. The summed E-state index contributed by atoms with van der Waals surface area (Å²) in [5, 5.41) is 0. The molecule has 0 aliphatic rings. The summed E-state index contributed by atoms with van der Waals surface area (Å²) < 4.78 is 5.70. The van der Waals surface area contributed by atoms with Crippen LogP contribution in [-0.2, 0) is 6.42 Å². The minimum atomic E-state index is 0.579. The smallest absolute Gasteiger partial charge is 0.153 e. The summed E-state index contributed by atoms with van der Waals surface area (Å²) in [6.07, 6.45) is 1.67. The normalized spacial score (nSPS) is 10.2. The van der Waals surface area contributed by atoms with E-state index in [9.17, 15) is 4.79 Å². The monoisotopic (exact) mass is 254 g/mol. The molecule has 0 bridgehead atoms. The lowest BCUT2D eigenvalue weighted by molar-refractivity contribution is 0.111. The number of hydrogen-bond donors (Lipinski definition) is 0. The van der Waals surface area contributed by atoms with Gasteiger partial charge in [-0.05, 0) is 37.1 Å². The second kappa shape index (κ2) is 6.19. The molecule has 2 aromatic rings. The van der Waals surface area contributed by atoms with Gasteiger partial charge in [0.2, 0.25) is 0 Å². The Morgan fingerprint density at radius 1 is 1.11 bits per heavy atom. The first kappa shape index (κ1) is 13.3. The Bertz CT molecular complexity index is 573. The molecular formula is C17H18O2. The van der Waals surface area contributed by atoms with Crippen molar-refractivity contribution in [2.24, 2.45) is 0 Å². The lowest BCUT2D eigenvalue weighted by Crippen LogP contribution is -2.04. The summed E-state index contributed by atoms with van der Waals surface area (Å²) in [4.78, 5) is 10.9. The summed E-state index contributed by atoms with van der Waals surface area (Å²) in [5.41, 5.74) is 4.43. The quantitative estimate of drug-likeness (QED) is 0.760. The standard InChI is InChI=1S/C17H18O2/c1-13-7-8-14(2)15(11-13)9-10-19-17-6-4-3-5-16(17)12-18/h3-8,11-12H,9-10H2,1-2H3. The highest BCUT2D eigenvalue weighted by Crippen LogP contribution is 2.17. The van der Waals surface area contributed by atoms with Crippen molar-refractivity contribution in [1.82, 2.24) is 0 Å². The van der Waals surface area contributed by atoms with Gasteiger partial charge >= 0.3 is 0 Å². The lowest BCUT2D eigenvalue weighted by atomic mass is 10.0. The van der Waals surface area contributed by atoms with Crippen molar-refractivity contribution in [2.45, 2.75) is 20.3 Å². The molecule has 19 heavy (non-hydrogen) atoms. The van der Waals surface area contributed by atoms with Crippen LogP contribution in [0.25, 0.3) is 0 Å². The van der Waals surface area contributed by atoms with Crippen LogP contribution < -0.4 is 4.74 Å². The van der Waals surface area contributed by atoms with Crippen LogP contribution in [0.5, 0.6) is 5.75 Å². The van der Waals surface area contributed by atoms with Crippen molar-refractivity contribution in [3.8, 4) is 5.75 Å². The number of aryl methyl sites for hydroxylation is 2. The van der Waals surface area contributed by atoms with Gasteiger partial charge in [-0.1, -0.05) is 35.9 Å². The van der Waals surface area contributed by atoms with Crippen LogP contribution in [0.4, 0.5) is 0 Å². The van der Waals surface area contributed by atoms with Gasteiger partial charge in [-0.2, -0.15) is 0 Å². The van der Waals surface area contributed by atoms with Crippen LogP contribution in [0.1, 0.15) is 27.0 Å². The van der Waals surface area contributed by atoms with Crippen molar-refractivity contribution in [1.29, 1.82) is 0 Å². The summed E-state index contributed by atoms with van der Waals surface area (Å²) >= 11 is 0. The van der Waals surface area contributed by atoms with E-state index in [4.69, 9.17) is 4.74 Å². The maximum Gasteiger partial charge on any atom is 0.153 e. The molecule has 98 valence electrons. The molecule has 0 heterocycles. The largest absolute Gasteiger partial charge is 0.492 e. The summed E-state index contributed by atoms with van der Waals surface area (Å²) in [5.74, 6) is 0.655. The molecule has 0 unspecified atom stereocenters. The van der Waals surface area contributed by atoms with Gasteiger partial charge in [0.1, 0.15) is 5.75 Å². The van der Waals surface area contributed by atoms with Crippen LogP contribution in [-0.4, -0.2) is 12.9 Å². The maximum absolute atomic E-state index is 10.9. The average molecular weight is 254 g/mol. The predicted molar refractivity (Wildman–Crippen MR) is 76.9 cm³/mol. The predicted octanol–water partition coefficient (Wildman–Crippen LogP) is 3.74. The van der Waals surface area contributed by atoms with Crippen molar-refractivity contribution in [3.05, 3.63) is 64.7 Å². The maximum atomic E-state index is 10.9. The zero-order valence-electron chi connectivity index (χ0n) is 11.3. The molecule has 0 aliphatic carbocycles. The number of benzene rings is 2. The van der Waals surface area contributed by atoms with Gasteiger partial charge < -0.3 is 4.74 Å². The Balaban J connectivity index is 2.00. The van der Waals surface area contributed by atoms with Crippen molar-refractivity contribution < 1.29 is 9.53 Å². The average Bonchev–Trinajstić information content (AvgIpc) is 2.43. The molecule has 0 aromatic heterocycles. The zero-order chi connectivity index (χ0) is 13.7. The first-order chi connectivity index (χ1) is 9.20. The molecule has 0 N–H and O–H groups in total. The third kappa shape index (κ3) is 3.44. The number of rotatable bonds is 5. The van der Waals surface area contributed by atoms with Crippen LogP contribution in [0.3, 0.4) is 0 Å². The van der Waals surface area contributed by atoms with Gasteiger partial charge in [0.15, 0.2) is 6.29 Å². The minimum absolute atomic E-state index is 0.579. The number of aldehydes is 1. The highest BCUT2D eigenvalue weighted by molar-refractivity contribution is 5.79. The third-order valence-corrected chi connectivity index (χ3v) is 3.18. The van der Waals surface area contributed by atoms with Gasteiger partial charge in [-0.15, -0.1) is 0 Å². The fourth-order valence-electron chi connectivity index (χ4n) is 2.05. The van der Waals surface area contributed by atoms with Crippen molar-refractivity contribution >= 4 is 6.29 Å². The van der Waals surface area contributed by atoms with E-state index in [2.05, 4.69) is 32.0 Å². The van der Waals surface area contributed by atoms with E-state index in [1.165, 1.54) is 16.7 Å². The zero-order valence-corrected chi connectivity index (χ0v) is 11.3. The topological polar surface area (TPSA) is 26.3 Å². The first-order valence-electron chi connectivity index (χ1n) is 6.44. The van der Waals surface area contributed by atoms with Gasteiger partial charge in [-0.3, -0.25) is 4.79 Å². The van der Waals surface area contributed by atoms with Crippen LogP contribution in [0, 0.1) is 13.8 Å². The Hall–Kier alpha value is -2.09. The van der Waals surface area contributed by atoms with E-state index >= 15 is 0 Å². The fourth-order valence-corrected chi connectivity index (χ4v) is 2.05. The van der Waals surface area contributed by atoms with E-state index < -0.39 is 0 Å². The van der Waals surface area contributed by atoms with Gasteiger partial charge in [0, 0.05) is 6.42 Å². The third-order valence-electron chi connectivity index (χ3n) is 3.18. The Kier molecular flexibility index (Phi) is 4.35. The molecule has 2 rings (SSSR count). The molecule has 0 amide bonds. The molecule has 0 atom stereocenters. The molecule has 2 heteroatoms. The van der Waals surface area contributed by atoms with E-state index in [-0.39, 0.29) is 0 Å². The SMILES string of the molecule is Cc1ccc(C)c(CCOc2ccccc2C=O)c1. The molecule has 2 aromatic carbocycles. The van der Waals surface area contributed by atoms with Gasteiger partial charge in [0.05, 0.1) is 12.2 Å². The Morgan fingerprint density at radius 3 is 2.68 bits per heavy atom. The molecule has 0 aliphatic heterocycles. The van der Waals surface area contributed by atoms with Gasteiger partial charge in [-0.25, -0.2) is 0 Å².